The Bertz CT molecular complexity index is 1010. The third-order valence-electron chi connectivity index (χ3n) is 3.40. The Kier molecular flexibility index (Phi) is 4.42. The molecule has 5 nitrogen and oxygen atoms in total. The van der Waals surface area contributed by atoms with Gasteiger partial charge >= 0.3 is 0 Å². The molecule has 3 aromatic rings. The van der Waals surface area contributed by atoms with Crippen LogP contribution in [0.3, 0.4) is 0 Å². The molecule has 0 aliphatic heterocycles. The zero-order valence-electron chi connectivity index (χ0n) is 13.3. The second kappa shape index (κ2) is 6.23. The molecule has 126 valence electrons. The van der Waals surface area contributed by atoms with Gasteiger partial charge in [-0.05, 0) is 44.5 Å². The predicted molar refractivity (Wildman–Crippen MR) is 96.3 cm³/mol. The van der Waals surface area contributed by atoms with E-state index >= 15 is 0 Å². The highest BCUT2D eigenvalue weighted by Gasteiger charge is 2.22. The van der Waals surface area contributed by atoms with Crippen molar-refractivity contribution in [2.45, 2.75) is 25.7 Å². The van der Waals surface area contributed by atoms with Crippen molar-refractivity contribution in [3.8, 4) is 10.6 Å². The number of thiophene rings is 1. The topological polar surface area (TPSA) is 72.2 Å². The summed E-state index contributed by atoms with van der Waals surface area (Å²) >= 11 is 7.46. The zero-order valence-corrected chi connectivity index (χ0v) is 15.6. The van der Waals surface area contributed by atoms with Gasteiger partial charge in [-0.1, -0.05) is 22.8 Å². The Balaban J connectivity index is 1.96. The fraction of sp³-hybridized carbons (Fsp3) is 0.188. The van der Waals surface area contributed by atoms with Gasteiger partial charge in [0.2, 0.25) is 0 Å². The van der Waals surface area contributed by atoms with Crippen LogP contribution in [-0.2, 0) is 10.0 Å². The van der Waals surface area contributed by atoms with E-state index in [4.69, 9.17) is 16.1 Å². The number of hydrogen-bond acceptors (Lipinski definition) is 5. The van der Waals surface area contributed by atoms with Crippen LogP contribution >= 0.6 is 22.9 Å². The summed E-state index contributed by atoms with van der Waals surface area (Å²) in [7, 11) is -3.75. The van der Waals surface area contributed by atoms with E-state index in [9.17, 15) is 8.42 Å². The highest BCUT2D eigenvalue weighted by molar-refractivity contribution is 7.93. The second-order valence-electron chi connectivity index (χ2n) is 5.45. The van der Waals surface area contributed by atoms with Gasteiger partial charge in [0.25, 0.3) is 10.0 Å². The quantitative estimate of drug-likeness (QED) is 0.704. The maximum Gasteiger partial charge on any atom is 0.263 e. The van der Waals surface area contributed by atoms with E-state index in [2.05, 4.69) is 9.88 Å². The minimum atomic E-state index is -3.75. The van der Waals surface area contributed by atoms with Gasteiger partial charge in [0.15, 0.2) is 5.76 Å². The maximum absolute atomic E-state index is 12.7. The first-order valence-electron chi connectivity index (χ1n) is 7.09. The number of anilines is 1. The van der Waals surface area contributed by atoms with E-state index in [-0.39, 0.29) is 4.90 Å². The molecule has 0 spiro atoms. The summed E-state index contributed by atoms with van der Waals surface area (Å²) in [6, 6.07) is 8.52. The van der Waals surface area contributed by atoms with Crippen LogP contribution in [0.2, 0.25) is 5.02 Å². The lowest BCUT2D eigenvalue weighted by Gasteiger charge is -2.09. The number of sulfonamides is 1. The number of aromatic nitrogens is 1. The van der Waals surface area contributed by atoms with Crippen LogP contribution in [0, 0.1) is 20.8 Å². The number of hydrogen-bond donors (Lipinski definition) is 1. The van der Waals surface area contributed by atoms with Gasteiger partial charge in [0.05, 0.1) is 21.3 Å². The highest BCUT2D eigenvalue weighted by atomic mass is 35.5. The molecule has 8 heteroatoms. The fourth-order valence-corrected chi connectivity index (χ4v) is 5.19. The van der Waals surface area contributed by atoms with Crippen molar-refractivity contribution in [3.05, 3.63) is 51.5 Å². The van der Waals surface area contributed by atoms with Crippen molar-refractivity contribution in [2.24, 2.45) is 0 Å². The summed E-state index contributed by atoms with van der Waals surface area (Å²) in [6.45, 7) is 5.45. The average molecular weight is 383 g/mol. The first-order chi connectivity index (χ1) is 11.3. The van der Waals surface area contributed by atoms with Crippen LogP contribution in [0.15, 0.2) is 39.8 Å². The fourth-order valence-electron chi connectivity index (χ4n) is 2.24. The molecule has 0 saturated carbocycles. The highest BCUT2D eigenvalue weighted by Crippen LogP contribution is 2.35. The van der Waals surface area contributed by atoms with Crippen LogP contribution in [0.4, 0.5) is 5.69 Å². The molecule has 0 saturated heterocycles. The Hall–Kier alpha value is -1.83. The van der Waals surface area contributed by atoms with E-state index in [1.54, 1.807) is 37.3 Å². The molecule has 0 radical (unpaired) electrons. The summed E-state index contributed by atoms with van der Waals surface area (Å²) in [4.78, 5) is 1.58. The van der Waals surface area contributed by atoms with Crippen molar-refractivity contribution >= 4 is 38.6 Å². The molecule has 0 bridgehead atoms. The van der Waals surface area contributed by atoms with Crippen molar-refractivity contribution in [1.82, 2.24) is 5.16 Å². The smallest absolute Gasteiger partial charge is 0.263 e. The minimum absolute atomic E-state index is 0.202. The molecule has 2 heterocycles. The average Bonchev–Trinajstić information content (AvgIpc) is 3.08. The van der Waals surface area contributed by atoms with Gasteiger partial charge in [-0.2, -0.15) is 0 Å². The molecule has 1 N–H and O–H groups in total. The van der Waals surface area contributed by atoms with E-state index in [0.29, 0.717) is 26.2 Å². The van der Waals surface area contributed by atoms with Gasteiger partial charge in [-0.25, -0.2) is 8.42 Å². The first kappa shape index (κ1) is 17.0. The Morgan fingerprint density at radius 3 is 2.54 bits per heavy atom. The second-order valence-corrected chi connectivity index (χ2v) is 8.77. The van der Waals surface area contributed by atoms with E-state index < -0.39 is 10.0 Å². The van der Waals surface area contributed by atoms with Crippen molar-refractivity contribution in [1.29, 1.82) is 0 Å². The predicted octanol–water partition coefficient (Wildman–Crippen LogP) is 4.78. The van der Waals surface area contributed by atoms with E-state index in [0.717, 1.165) is 11.3 Å². The normalized spacial score (nSPS) is 11.7. The first-order valence-corrected chi connectivity index (χ1v) is 9.77. The molecular formula is C16H15ClN2O3S2. The molecule has 0 amide bonds. The van der Waals surface area contributed by atoms with Crippen molar-refractivity contribution < 1.29 is 12.9 Å². The van der Waals surface area contributed by atoms with E-state index in [1.807, 2.05) is 13.8 Å². The van der Waals surface area contributed by atoms with E-state index in [1.165, 1.54) is 11.3 Å². The largest absolute Gasteiger partial charge is 0.355 e. The lowest BCUT2D eigenvalue weighted by atomic mass is 10.2. The van der Waals surface area contributed by atoms with Gasteiger partial charge in [-0.3, -0.25) is 4.72 Å². The maximum atomic E-state index is 12.7. The van der Waals surface area contributed by atoms with Crippen LogP contribution in [0.1, 0.15) is 16.1 Å². The number of nitrogens with one attached hydrogen (secondary N) is 1. The molecule has 0 unspecified atom stereocenters. The molecule has 0 aliphatic carbocycles. The zero-order chi connectivity index (χ0) is 17.5. The number of rotatable bonds is 4. The lowest BCUT2D eigenvalue weighted by Crippen LogP contribution is -2.13. The molecule has 0 atom stereocenters. The number of halogens is 1. The van der Waals surface area contributed by atoms with Gasteiger partial charge < -0.3 is 4.52 Å². The molecule has 0 fully saturated rings. The SMILES string of the molecule is Cc1ccc(NS(=O)(=O)c2cc(-c3cc(C)no3)sc2C)c(Cl)c1. The van der Waals surface area contributed by atoms with Gasteiger partial charge in [0, 0.05) is 10.9 Å². The monoisotopic (exact) mass is 382 g/mol. The van der Waals surface area contributed by atoms with Gasteiger partial charge in [0.1, 0.15) is 4.90 Å². The van der Waals surface area contributed by atoms with Crippen LogP contribution in [-0.4, -0.2) is 13.6 Å². The number of benzene rings is 1. The van der Waals surface area contributed by atoms with Crippen LogP contribution in [0.5, 0.6) is 0 Å². The van der Waals surface area contributed by atoms with Crippen LogP contribution in [0.25, 0.3) is 10.6 Å². The summed E-state index contributed by atoms with van der Waals surface area (Å²) in [6.07, 6.45) is 0. The Morgan fingerprint density at radius 2 is 1.92 bits per heavy atom. The number of aryl methyl sites for hydroxylation is 3. The molecule has 2 aromatic heterocycles. The lowest BCUT2D eigenvalue weighted by molar-refractivity contribution is 0.428. The van der Waals surface area contributed by atoms with Crippen molar-refractivity contribution in [3.63, 3.8) is 0 Å². The summed E-state index contributed by atoms with van der Waals surface area (Å²) in [5, 5.41) is 4.19. The molecule has 0 aliphatic rings. The standard InChI is InChI=1S/C16H15ClN2O3S2/c1-9-4-5-13(12(17)6-9)19-24(20,21)16-8-15(23-11(16)3)14-7-10(2)18-22-14/h4-8,19H,1-3H3. The summed E-state index contributed by atoms with van der Waals surface area (Å²) in [5.41, 5.74) is 2.05. The summed E-state index contributed by atoms with van der Waals surface area (Å²) in [5.74, 6) is 0.551. The number of nitrogens with zero attached hydrogens (tertiary/aromatic N) is 1. The Morgan fingerprint density at radius 1 is 1.17 bits per heavy atom. The third kappa shape index (κ3) is 3.33. The molecular weight excluding hydrogens is 368 g/mol. The van der Waals surface area contributed by atoms with Crippen LogP contribution < -0.4 is 4.72 Å². The third-order valence-corrected chi connectivity index (χ3v) is 6.40. The molecule has 1 aromatic carbocycles. The molecule has 24 heavy (non-hydrogen) atoms. The van der Waals surface area contributed by atoms with Crippen molar-refractivity contribution in [2.75, 3.05) is 4.72 Å². The van der Waals surface area contributed by atoms with Gasteiger partial charge in [-0.15, -0.1) is 11.3 Å². The Labute approximate surface area is 149 Å². The summed E-state index contributed by atoms with van der Waals surface area (Å²) < 4.78 is 33.1. The molecule has 3 rings (SSSR count). The minimum Gasteiger partial charge on any atom is -0.355 e.